The summed E-state index contributed by atoms with van der Waals surface area (Å²) < 4.78 is 10.7. The number of likely N-dealkylation sites (tertiary alicyclic amines) is 1. The van der Waals surface area contributed by atoms with Crippen LogP contribution >= 0.6 is 0 Å². The van der Waals surface area contributed by atoms with Gasteiger partial charge in [0, 0.05) is 37.8 Å². The third kappa shape index (κ3) is 3.53. The Morgan fingerprint density at radius 1 is 1.52 bits per heavy atom. The highest BCUT2D eigenvalue weighted by Crippen LogP contribution is 2.41. The standard InChI is InChI=1S/C17H23N3O5/c1-2-5-25-14-4-3-12(6-18-14)7-19-16(23)20-8-13-9-24-11-17(13,10-20)15(21)22/h3-4,6,13H,2,5,7-11H2,1H3,(H,19,23)(H,21,22)/t13-,17-/m1/s1. The van der Waals surface area contributed by atoms with Gasteiger partial charge in [0.25, 0.3) is 0 Å². The largest absolute Gasteiger partial charge is 0.481 e. The fraction of sp³-hybridized carbons (Fsp3) is 0.588. The number of carboxylic acids is 1. The summed E-state index contributed by atoms with van der Waals surface area (Å²) in [6, 6.07) is 3.36. The van der Waals surface area contributed by atoms with E-state index in [1.54, 1.807) is 17.2 Å². The van der Waals surface area contributed by atoms with Gasteiger partial charge in [0.2, 0.25) is 5.88 Å². The van der Waals surface area contributed by atoms with E-state index >= 15 is 0 Å². The Hall–Kier alpha value is -2.35. The number of hydrogen-bond donors (Lipinski definition) is 2. The summed E-state index contributed by atoms with van der Waals surface area (Å²) in [5.74, 6) is -0.475. The lowest BCUT2D eigenvalue weighted by molar-refractivity contribution is -0.149. The van der Waals surface area contributed by atoms with Crippen molar-refractivity contribution in [2.75, 3.05) is 32.9 Å². The molecule has 0 saturated carbocycles. The predicted molar refractivity (Wildman–Crippen MR) is 88.2 cm³/mol. The Morgan fingerprint density at radius 3 is 3.00 bits per heavy atom. The van der Waals surface area contributed by atoms with Crippen LogP contribution in [0.1, 0.15) is 18.9 Å². The number of aromatic nitrogens is 1. The van der Waals surface area contributed by atoms with Crippen LogP contribution in [0.3, 0.4) is 0 Å². The van der Waals surface area contributed by atoms with E-state index in [-0.39, 0.29) is 25.1 Å². The van der Waals surface area contributed by atoms with Crippen molar-refractivity contribution in [3.05, 3.63) is 23.9 Å². The third-order valence-corrected chi connectivity index (χ3v) is 4.78. The Balaban J connectivity index is 1.52. The van der Waals surface area contributed by atoms with Crippen molar-refractivity contribution in [2.45, 2.75) is 19.9 Å². The quantitative estimate of drug-likeness (QED) is 0.798. The lowest BCUT2D eigenvalue weighted by Gasteiger charge is -2.22. The van der Waals surface area contributed by atoms with Gasteiger partial charge in [-0.05, 0) is 12.0 Å². The molecule has 2 amide bonds. The normalized spacial score (nSPS) is 24.8. The molecule has 0 bridgehead atoms. The average Bonchev–Trinajstić information content (AvgIpc) is 3.17. The van der Waals surface area contributed by atoms with E-state index in [9.17, 15) is 14.7 Å². The minimum Gasteiger partial charge on any atom is -0.481 e. The number of fused-ring (bicyclic) bond motifs is 1. The first-order chi connectivity index (χ1) is 12.0. The van der Waals surface area contributed by atoms with Crippen LogP contribution in [0, 0.1) is 11.3 Å². The number of urea groups is 1. The van der Waals surface area contributed by atoms with Gasteiger partial charge in [-0.1, -0.05) is 13.0 Å². The van der Waals surface area contributed by atoms with Crippen LogP contribution in [0.2, 0.25) is 0 Å². The second kappa shape index (κ2) is 7.26. The van der Waals surface area contributed by atoms with Crippen molar-refractivity contribution in [2.24, 2.45) is 11.3 Å². The number of hydrogen-bond acceptors (Lipinski definition) is 5. The molecule has 0 radical (unpaired) electrons. The van der Waals surface area contributed by atoms with Crippen molar-refractivity contribution in [1.82, 2.24) is 15.2 Å². The molecule has 136 valence electrons. The van der Waals surface area contributed by atoms with Gasteiger partial charge in [-0.2, -0.15) is 0 Å². The molecule has 2 fully saturated rings. The Labute approximate surface area is 146 Å². The number of pyridine rings is 1. The average molecular weight is 349 g/mol. The number of carbonyl (C=O) groups excluding carboxylic acids is 1. The molecule has 2 aliphatic heterocycles. The van der Waals surface area contributed by atoms with E-state index in [0.29, 0.717) is 32.2 Å². The summed E-state index contributed by atoms with van der Waals surface area (Å²) in [5, 5.41) is 12.3. The van der Waals surface area contributed by atoms with Crippen molar-refractivity contribution >= 4 is 12.0 Å². The summed E-state index contributed by atoms with van der Waals surface area (Å²) in [5.41, 5.74) is -0.107. The van der Waals surface area contributed by atoms with Crippen LogP contribution in [-0.2, 0) is 16.1 Å². The topological polar surface area (TPSA) is 101 Å². The monoisotopic (exact) mass is 349 g/mol. The number of ether oxygens (including phenoxy) is 2. The molecule has 8 heteroatoms. The molecular weight excluding hydrogens is 326 g/mol. The SMILES string of the molecule is CCCOc1ccc(CNC(=O)N2C[C@@H]3COC[C@]3(C(=O)O)C2)cn1. The van der Waals surface area contributed by atoms with Crippen LogP contribution in [0.25, 0.3) is 0 Å². The van der Waals surface area contributed by atoms with E-state index in [1.807, 2.05) is 13.0 Å². The maximum atomic E-state index is 12.4. The molecule has 8 nitrogen and oxygen atoms in total. The molecule has 0 aromatic carbocycles. The maximum Gasteiger partial charge on any atom is 0.317 e. The molecule has 0 aliphatic carbocycles. The first-order valence-corrected chi connectivity index (χ1v) is 8.47. The number of nitrogens with zero attached hydrogens (tertiary/aromatic N) is 2. The van der Waals surface area contributed by atoms with Crippen molar-refractivity contribution in [3.8, 4) is 5.88 Å². The van der Waals surface area contributed by atoms with Gasteiger partial charge in [-0.25, -0.2) is 9.78 Å². The summed E-state index contributed by atoms with van der Waals surface area (Å²) in [6.45, 7) is 4.11. The van der Waals surface area contributed by atoms with Gasteiger partial charge in [-0.3, -0.25) is 4.79 Å². The maximum absolute atomic E-state index is 12.4. The summed E-state index contributed by atoms with van der Waals surface area (Å²) >= 11 is 0. The van der Waals surface area contributed by atoms with E-state index in [4.69, 9.17) is 9.47 Å². The van der Waals surface area contributed by atoms with Crippen molar-refractivity contribution in [1.29, 1.82) is 0 Å². The summed E-state index contributed by atoms with van der Waals surface area (Å²) in [7, 11) is 0. The highest BCUT2D eigenvalue weighted by atomic mass is 16.5. The molecule has 2 saturated heterocycles. The lowest BCUT2D eigenvalue weighted by Crippen LogP contribution is -2.42. The Morgan fingerprint density at radius 2 is 2.36 bits per heavy atom. The molecule has 2 N–H and O–H groups in total. The third-order valence-electron chi connectivity index (χ3n) is 4.78. The highest BCUT2D eigenvalue weighted by Gasteiger charge is 2.57. The molecule has 1 aromatic rings. The number of carboxylic acid groups (broad SMARTS) is 1. The first kappa shape index (κ1) is 17.5. The van der Waals surface area contributed by atoms with Crippen LogP contribution in [-0.4, -0.2) is 59.9 Å². The molecular formula is C17H23N3O5. The van der Waals surface area contributed by atoms with Crippen LogP contribution in [0.15, 0.2) is 18.3 Å². The van der Waals surface area contributed by atoms with Gasteiger partial charge < -0.3 is 24.8 Å². The minimum atomic E-state index is -0.961. The van der Waals surface area contributed by atoms with Crippen molar-refractivity contribution in [3.63, 3.8) is 0 Å². The number of rotatable bonds is 6. The smallest absolute Gasteiger partial charge is 0.317 e. The fourth-order valence-electron chi connectivity index (χ4n) is 3.29. The molecule has 0 unspecified atom stereocenters. The zero-order valence-corrected chi connectivity index (χ0v) is 14.2. The number of carbonyl (C=O) groups is 2. The lowest BCUT2D eigenvalue weighted by atomic mass is 9.81. The zero-order chi connectivity index (χ0) is 17.9. The van der Waals surface area contributed by atoms with E-state index in [0.717, 1.165) is 12.0 Å². The predicted octanol–water partition coefficient (Wildman–Crippen LogP) is 1.11. The van der Waals surface area contributed by atoms with Crippen molar-refractivity contribution < 1.29 is 24.2 Å². The van der Waals surface area contributed by atoms with Crippen LogP contribution in [0.4, 0.5) is 4.79 Å². The minimum absolute atomic E-state index is 0.146. The van der Waals surface area contributed by atoms with E-state index in [1.165, 1.54) is 0 Å². The molecule has 2 aliphatic rings. The Kier molecular flexibility index (Phi) is 5.08. The van der Waals surface area contributed by atoms with Crippen LogP contribution in [0.5, 0.6) is 5.88 Å². The number of aliphatic carboxylic acids is 1. The van der Waals surface area contributed by atoms with Gasteiger partial charge in [0.15, 0.2) is 0 Å². The van der Waals surface area contributed by atoms with Gasteiger partial charge in [0.05, 0.1) is 19.8 Å². The van der Waals surface area contributed by atoms with E-state index in [2.05, 4.69) is 10.3 Å². The first-order valence-electron chi connectivity index (χ1n) is 8.47. The molecule has 0 spiro atoms. The fourth-order valence-corrected chi connectivity index (χ4v) is 3.29. The molecule has 2 atom stereocenters. The zero-order valence-electron chi connectivity index (χ0n) is 14.2. The van der Waals surface area contributed by atoms with Gasteiger partial charge in [0.1, 0.15) is 5.41 Å². The summed E-state index contributed by atoms with van der Waals surface area (Å²) in [4.78, 5) is 29.7. The Bertz CT molecular complexity index is 636. The second-order valence-corrected chi connectivity index (χ2v) is 6.57. The van der Waals surface area contributed by atoms with Gasteiger partial charge >= 0.3 is 12.0 Å². The molecule has 1 aromatic heterocycles. The number of nitrogens with one attached hydrogen (secondary N) is 1. The van der Waals surface area contributed by atoms with Gasteiger partial charge in [-0.15, -0.1) is 0 Å². The highest BCUT2D eigenvalue weighted by molar-refractivity contribution is 5.80. The molecule has 3 heterocycles. The number of amides is 2. The summed E-state index contributed by atoms with van der Waals surface area (Å²) in [6.07, 6.45) is 2.58. The molecule has 3 rings (SSSR count). The van der Waals surface area contributed by atoms with Crippen LogP contribution < -0.4 is 10.1 Å². The molecule has 25 heavy (non-hydrogen) atoms. The second-order valence-electron chi connectivity index (χ2n) is 6.57. The van der Waals surface area contributed by atoms with E-state index < -0.39 is 11.4 Å².